The molecule has 2 aromatic rings. The predicted molar refractivity (Wildman–Crippen MR) is 95.4 cm³/mol. The summed E-state index contributed by atoms with van der Waals surface area (Å²) in [6, 6.07) is 16.7. The lowest BCUT2D eigenvalue weighted by Gasteiger charge is -2.28. The summed E-state index contributed by atoms with van der Waals surface area (Å²) >= 11 is 0. The van der Waals surface area contributed by atoms with Crippen LogP contribution in [0.5, 0.6) is 0 Å². The van der Waals surface area contributed by atoms with Gasteiger partial charge in [0, 0.05) is 24.3 Å². The fourth-order valence-corrected chi connectivity index (χ4v) is 3.05. The average Bonchev–Trinajstić information content (AvgIpc) is 3.17. The number of ether oxygens (including phenoxy) is 1. The highest BCUT2D eigenvalue weighted by molar-refractivity contribution is 5.97. The van der Waals surface area contributed by atoms with Crippen LogP contribution in [0.3, 0.4) is 0 Å². The Labute approximate surface area is 147 Å². The van der Waals surface area contributed by atoms with E-state index in [-0.39, 0.29) is 11.9 Å². The van der Waals surface area contributed by atoms with Crippen molar-refractivity contribution in [2.45, 2.75) is 18.9 Å². The second kappa shape index (κ2) is 7.94. The van der Waals surface area contributed by atoms with Gasteiger partial charge in [0.25, 0.3) is 5.91 Å². The zero-order chi connectivity index (χ0) is 17.6. The number of carbonyl (C=O) groups is 2. The minimum absolute atomic E-state index is 0.0394. The molecule has 0 spiro atoms. The predicted octanol–water partition coefficient (Wildman–Crippen LogP) is 2.26. The Balaban J connectivity index is 1.75. The van der Waals surface area contributed by atoms with Crippen LogP contribution in [-0.2, 0) is 11.2 Å². The van der Waals surface area contributed by atoms with Gasteiger partial charge in [-0.05, 0) is 42.7 Å². The largest absolute Gasteiger partial charge is 0.379 e. The topological polar surface area (TPSA) is 72.6 Å². The van der Waals surface area contributed by atoms with Crippen molar-refractivity contribution >= 4 is 11.8 Å². The minimum atomic E-state index is -0.496. The fraction of sp³-hybridized carbons (Fsp3) is 0.300. The number of carbonyl (C=O) groups excluding carboxylic acids is 2. The zero-order valence-corrected chi connectivity index (χ0v) is 14.1. The number of nitrogens with zero attached hydrogens (tertiary/aromatic N) is 1. The molecule has 2 amide bonds. The van der Waals surface area contributed by atoms with Gasteiger partial charge in [-0.2, -0.15) is 0 Å². The van der Waals surface area contributed by atoms with Gasteiger partial charge in [0.1, 0.15) is 0 Å². The quantitative estimate of drug-likeness (QED) is 0.878. The van der Waals surface area contributed by atoms with Gasteiger partial charge in [-0.15, -0.1) is 0 Å². The summed E-state index contributed by atoms with van der Waals surface area (Å²) in [7, 11) is 0. The second-order valence-corrected chi connectivity index (χ2v) is 6.19. The van der Waals surface area contributed by atoms with E-state index >= 15 is 0 Å². The van der Waals surface area contributed by atoms with Gasteiger partial charge < -0.3 is 15.4 Å². The molecule has 130 valence electrons. The van der Waals surface area contributed by atoms with E-state index < -0.39 is 5.91 Å². The van der Waals surface area contributed by atoms with E-state index in [1.54, 1.807) is 24.3 Å². The fourth-order valence-electron chi connectivity index (χ4n) is 3.05. The lowest BCUT2D eigenvalue weighted by atomic mass is 10.1. The summed E-state index contributed by atoms with van der Waals surface area (Å²) in [5.41, 5.74) is 7.42. The Morgan fingerprint density at radius 2 is 1.72 bits per heavy atom. The number of hydrogen-bond acceptors (Lipinski definition) is 3. The van der Waals surface area contributed by atoms with Crippen LogP contribution in [0.1, 0.15) is 32.7 Å². The van der Waals surface area contributed by atoms with Crippen molar-refractivity contribution in [1.82, 2.24) is 4.90 Å². The van der Waals surface area contributed by atoms with Gasteiger partial charge in [-0.25, -0.2) is 0 Å². The van der Waals surface area contributed by atoms with Gasteiger partial charge in [-0.3, -0.25) is 9.59 Å². The second-order valence-electron chi connectivity index (χ2n) is 6.19. The van der Waals surface area contributed by atoms with Gasteiger partial charge in [0.05, 0.1) is 12.6 Å². The Morgan fingerprint density at radius 3 is 2.32 bits per heavy atom. The van der Waals surface area contributed by atoms with Crippen molar-refractivity contribution in [1.29, 1.82) is 0 Å². The normalized spacial score (nSPS) is 16.6. The highest BCUT2D eigenvalue weighted by atomic mass is 16.5. The molecule has 1 saturated heterocycles. The van der Waals surface area contributed by atoms with Crippen molar-refractivity contribution in [2.75, 3.05) is 19.8 Å². The third-order valence-electron chi connectivity index (χ3n) is 4.51. The molecule has 3 rings (SSSR count). The third-order valence-corrected chi connectivity index (χ3v) is 4.51. The maximum atomic E-state index is 13.0. The summed E-state index contributed by atoms with van der Waals surface area (Å²) in [6.07, 6.45) is 1.64. The Hall–Kier alpha value is -2.66. The number of hydrogen-bond donors (Lipinski definition) is 1. The molecule has 1 aliphatic rings. The van der Waals surface area contributed by atoms with Crippen molar-refractivity contribution in [3.8, 4) is 0 Å². The molecular formula is C20H22N2O3. The van der Waals surface area contributed by atoms with Crippen LogP contribution in [0.15, 0.2) is 54.6 Å². The lowest BCUT2D eigenvalue weighted by molar-refractivity contribution is 0.0656. The summed E-state index contributed by atoms with van der Waals surface area (Å²) in [5.74, 6) is -0.536. The molecule has 5 heteroatoms. The zero-order valence-electron chi connectivity index (χ0n) is 14.1. The first-order valence-corrected chi connectivity index (χ1v) is 8.47. The third kappa shape index (κ3) is 4.25. The first-order valence-electron chi connectivity index (χ1n) is 8.47. The van der Waals surface area contributed by atoms with Crippen LogP contribution < -0.4 is 5.73 Å². The molecule has 1 heterocycles. The molecule has 5 nitrogen and oxygen atoms in total. The van der Waals surface area contributed by atoms with Crippen molar-refractivity contribution in [3.63, 3.8) is 0 Å². The average molecular weight is 338 g/mol. The standard InChI is InChI=1S/C20H22N2O3/c21-19(23)16-6-8-17(9-7-16)20(24)22(18-11-13-25-14-18)12-10-15-4-2-1-3-5-15/h1-9,18H,10-14H2,(H2,21,23)/t18-/m0/s1. The Morgan fingerprint density at radius 1 is 1.04 bits per heavy atom. The smallest absolute Gasteiger partial charge is 0.254 e. The monoisotopic (exact) mass is 338 g/mol. The maximum absolute atomic E-state index is 13.0. The van der Waals surface area contributed by atoms with E-state index in [0.29, 0.717) is 30.9 Å². The van der Waals surface area contributed by atoms with Crippen LogP contribution in [0.2, 0.25) is 0 Å². The summed E-state index contributed by atoms with van der Waals surface area (Å²) in [4.78, 5) is 26.1. The molecule has 2 N–H and O–H groups in total. The lowest BCUT2D eigenvalue weighted by Crippen LogP contribution is -2.42. The molecule has 0 unspecified atom stereocenters. The SMILES string of the molecule is NC(=O)c1ccc(C(=O)N(CCc2ccccc2)[C@H]2CCOC2)cc1. The molecule has 0 aromatic heterocycles. The number of benzene rings is 2. The van der Waals surface area contributed by atoms with Gasteiger partial charge in [0.2, 0.25) is 5.91 Å². The van der Waals surface area contributed by atoms with E-state index in [9.17, 15) is 9.59 Å². The van der Waals surface area contributed by atoms with E-state index in [2.05, 4.69) is 12.1 Å². The van der Waals surface area contributed by atoms with E-state index in [1.165, 1.54) is 5.56 Å². The van der Waals surface area contributed by atoms with Crippen LogP contribution in [0.25, 0.3) is 0 Å². The van der Waals surface area contributed by atoms with Crippen LogP contribution in [0.4, 0.5) is 0 Å². The van der Waals surface area contributed by atoms with Gasteiger partial charge in [-0.1, -0.05) is 30.3 Å². The minimum Gasteiger partial charge on any atom is -0.379 e. The molecule has 1 aliphatic heterocycles. The number of nitrogens with two attached hydrogens (primary N) is 1. The molecule has 0 aliphatic carbocycles. The van der Waals surface area contributed by atoms with E-state index in [0.717, 1.165) is 12.8 Å². The van der Waals surface area contributed by atoms with Crippen LogP contribution >= 0.6 is 0 Å². The van der Waals surface area contributed by atoms with Gasteiger partial charge >= 0.3 is 0 Å². The summed E-state index contributed by atoms with van der Waals surface area (Å²) in [6.45, 7) is 1.88. The molecule has 0 saturated carbocycles. The number of rotatable bonds is 6. The van der Waals surface area contributed by atoms with E-state index in [4.69, 9.17) is 10.5 Å². The van der Waals surface area contributed by atoms with Crippen molar-refractivity contribution in [3.05, 3.63) is 71.3 Å². The van der Waals surface area contributed by atoms with Crippen LogP contribution in [-0.4, -0.2) is 42.5 Å². The van der Waals surface area contributed by atoms with E-state index in [1.807, 2.05) is 23.1 Å². The molecule has 1 fully saturated rings. The molecule has 2 aromatic carbocycles. The maximum Gasteiger partial charge on any atom is 0.254 e. The number of amides is 2. The number of primary amides is 1. The van der Waals surface area contributed by atoms with Crippen molar-refractivity contribution in [2.24, 2.45) is 5.73 Å². The first kappa shape index (κ1) is 17.2. The molecular weight excluding hydrogens is 316 g/mol. The first-order chi connectivity index (χ1) is 12.1. The summed E-state index contributed by atoms with van der Waals surface area (Å²) in [5, 5.41) is 0. The Kier molecular flexibility index (Phi) is 5.46. The Bertz CT molecular complexity index is 722. The molecule has 1 atom stereocenters. The molecule has 0 bridgehead atoms. The molecule has 0 radical (unpaired) electrons. The van der Waals surface area contributed by atoms with Crippen molar-refractivity contribution < 1.29 is 14.3 Å². The van der Waals surface area contributed by atoms with Crippen LogP contribution in [0, 0.1) is 0 Å². The summed E-state index contributed by atoms with van der Waals surface area (Å²) < 4.78 is 5.47. The highest BCUT2D eigenvalue weighted by Crippen LogP contribution is 2.17. The van der Waals surface area contributed by atoms with Gasteiger partial charge in [0.15, 0.2) is 0 Å². The molecule has 25 heavy (non-hydrogen) atoms. The highest BCUT2D eigenvalue weighted by Gasteiger charge is 2.27.